The fourth-order valence-electron chi connectivity index (χ4n) is 2.95. The van der Waals surface area contributed by atoms with E-state index in [2.05, 4.69) is 35.3 Å². The normalized spacial score (nSPS) is 15.3. The molecule has 0 radical (unpaired) electrons. The highest BCUT2D eigenvalue weighted by atomic mass is 16.3. The summed E-state index contributed by atoms with van der Waals surface area (Å²) in [6.07, 6.45) is 3.93. The van der Waals surface area contributed by atoms with Crippen molar-refractivity contribution in [2.24, 2.45) is 0 Å². The molecule has 1 saturated carbocycles. The van der Waals surface area contributed by atoms with Gasteiger partial charge in [0.25, 0.3) is 0 Å². The monoisotopic (exact) mass is 272 g/mol. The Bertz CT molecular complexity index is 571. The molecule has 0 amide bonds. The number of furan rings is 1. The van der Waals surface area contributed by atoms with Gasteiger partial charge in [-0.05, 0) is 38.9 Å². The lowest BCUT2D eigenvalue weighted by Crippen LogP contribution is -2.27. The predicted molar refractivity (Wildman–Crippen MR) is 82.7 cm³/mol. The summed E-state index contributed by atoms with van der Waals surface area (Å²) in [5.41, 5.74) is 2.38. The molecular weight excluding hydrogens is 248 g/mol. The average Bonchev–Trinajstić information content (AvgIpc) is 3.24. The molecule has 0 aliphatic heterocycles. The lowest BCUT2D eigenvalue weighted by atomic mass is 10.1. The maximum atomic E-state index is 6.03. The number of nitrogens with one attached hydrogen (secondary N) is 1. The fraction of sp³-hybridized carbons (Fsp3) is 0.529. The second-order valence-corrected chi connectivity index (χ2v) is 5.73. The van der Waals surface area contributed by atoms with Gasteiger partial charge in [0.1, 0.15) is 11.3 Å². The Balaban J connectivity index is 1.92. The van der Waals surface area contributed by atoms with Crippen LogP contribution in [-0.2, 0) is 13.1 Å². The first-order valence-corrected chi connectivity index (χ1v) is 7.71. The van der Waals surface area contributed by atoms with E-state index >= 15 is 0 Å². The van der Waals surface area contributed by atoms with E-state index in [4.69, 9.17) is 4.42 Å². The van der Waals surface area contributed by atoms with Crippen molar-refractivity contribution in [3.05, 3.63) is 35.6 Å². The van der Waals surface area contributed by atoms with E-state index in [1.807, 2.05) is 13.1 Å². The highest BCUT2D eigenvalue weighted by molar-refractivity contribution is 5.82. The topological polar surface area (TPSA) is 28.4 Å². The van der Waals surface area contributed by atoms with Crippen LogP contribution in [0.3, 0.4) is 0 Å². The number of rotatable bonds is 7. The molecule has 1 aliphatic rings. The smallest absolute Gasteiger partial charge is 0.134 e. The summed E-state index contributed by atoms with van der Waals surface area (Å²) in [5, 5.41) is 4.50. The molecule has 3 heteroatoms. The Morgan fingerprint density at radius 3 is 2.80 bits per heavy atom. The number of hydrogen-bond donors (Lipinski definition) is 1. The van der Waals surface area contributed by atoms with Crippen LogP contribution >= 0.6 is 0 Å². The zero-order valence-electron chi connectivity index (χ0n) is 12.5. The van der Waals surface area contributed by atoms with Crippen molar-refractivity contribution in [1.82, 2.24) is 10.2 Å². The van der Waals surface area contributed by atoms with Gasteiger partial charge >= 0.3 is 0 Å². The summed E-state index contributed by atoms with van der Waals surface area (Å²) >= 11 is 0. The molecule has 1 aromatic heterocycles. The summed E-state index contributed by atoms with van der Waals surface area (Å²) in [7, 11) is 1.97. The van der Waals surface area contributed by atoms with Crippen molar-refractivity contribution in [3.8, 4) is 0 Å². The molecule has 1 aliphatic carbocycles. The van der Waals surface area contributed by atoms with Crippen LogP contribution in [0.25, 0.3) is 11.0 Å². The molecule has 20 heavy (non-hydrogen) atoms. The summed E-state index contributed by atoms with van der Waals surface area (Å²) < 4.78 is 6.03. The Kier molecular flexibility index (Phi) is 4.08. The zero-order valence-corrected chi connectivity index (χ0v) is 12.5. The standard InChI is InChI=1S/C17H24N2O/c1-3-10-19(13-8-9-13)12-15-14-6-4-5-7-16(14)20-17(15)11-18-2/h4-7,13,18H,3,8-12H2,1-2H3. The van der Waals surface area contributed by atoms with Gasteiger partial charge in [0.2, 0.25) is 0 Å². The molecule has 1 heterocycles. The Labute approximate surface area is 120 Å². The molecule has 3 nitrogen and oxygen atoms in total. The molecule has 1 aromatic carbocycles. The molecule has 3 rings (SSSR count). The van der Waals surface area contributed by atoms with E-state index in [1.165, 1.54) is 36.8 Å². The van der Waals surface area contributed by atoms with Crippen LogP contribution in [0.4, 0.5) is 0 Å². The minimum absolute atomic E-state index is 0.797. The van der Waals surface area contributed by atoms with Crippen molar-refractivity contribution < 1.29 is 4.42 Å². The highest BCUT2D eigenvalue weighted by Gasteiger charge is 2.29. The van der Waals surface area contributed by atoms with Gasteiger partial charge in [-0.2, -0.15) is 0 Å². The molecule has 0 unspecified atom stereocenters. The molecule has 1 N–H and O–H groups in total. The van der Waals surface area contributed by atoms with E-state index in [0.717, 1.165) is 30.5 Å². The lowest BCUT2D eigenvalue weighted by Gasteiger charge is -2.21. The molecule has 0 saturated heterocycles. The third-order valence-electron chi connectivity index (χ3n) is 4.05. The second-order valence-electron chi connectivity index (χ2n) is 5.73. The molecule has 2 aromatic rings. The molecule has 0 atom stereocenters. The third kappa shape index (κ3) is 2.74. The summed E-state index contributed by atoms with van der Waals surface area (Å²) in [6, 6.07) is 9.20. The van der Waals surface area contributed by atoms with Crippen LogP contribution in [0.5, 0.6) is 0 Å². The maximum absolute atomic E-state index is 6.03. The molecule has 1 fully saturated rings. The highest BCUT2D eigenvalue weighted by Crippen LogP contribution is 2.32. The van der Waals surface area contributed by atoms with Gasteiger partial charge in [0.05, 0.1) is 6.54 Å². The lowest BCUT2D eigenvalue weighted by molar-refractivity contribution is 0.254. The molecule has 108 valence electrons. The number of fused-ring (bicyclic) bond motifs is 1. The van der Waals surface area contributed by atoms with Crippen molar-refractivity contribution in [2.45, 2.75) is 45.3 Å². The van der Waals surface area contributed by atoms with Gasteiger partial charge in [-0.3, -0.25) is 4.90 Å². The van der Waals surface area contributed by atoms with Crippen LogP contribution in [0.2, 0.25) is 0 Å². The van der Waals surface area contributed by atoms with Crippen molar-refractivity contribution >= 4 is 11.0 Å². The predicted octanol–water partition coefficient (Wildman–Crippen LogP) is 3.53. The first-order valence-electron chi connectivity index (χ1n) is 7.71. The van der Waals surface area contributed by atoms with Gasteiger partial charge in [0.15, 0.2) is 0 Å². The Hall–Kier alpha value is -1.32. The first-order chi connectivity index (χ1) is 9.83. The maximum Gasteiger partial charge on any atom is 0.134 e. The van der Waals surface area contributed by atoms with Crippen molar-refractivity contribution in [3.63, 3.8) is 0 Å². The van der Waals surface area contributed by atoms with Crippen LogP contribution < -0.4 is 5.32 Å². The third-order valence-corrected chi connectivity index (χ3v) is 4.05. The van der Waals surface area contributed by atoms with Crippen LogP contribution in [0.1, 0.15) is 37.5 Å². The number of hydrogen-bond acceptors (Lipinski definition) is 3. The second kappa shape index (κ2) is 5.98. The Morgan fingerprint density at radius 1 is 1.30 bits per heavy atom. The van der Waals surface area contributed by atoms with Crippen LogP contribution in [0.15, 0.2) is 28.7 Å². The van der Waals surface area contributed by atoms with Gasteiger partial charge < -0.3 is 9.73 Å². The Morgan fingerprint density at radius 2 is 2.10 bits per heavy atom. The van der Waals surface area contributed by atoms with E-state index < -0.39 is 0 Å². The van der Waals surface area contributed by atoms with E-state index in [9.17, 15) is 0 Å². The first kappa shape index (κ1) is 13.7. The zero-order chi connectivity index (χ0) is 13.9. The van der Waals surface area contributed by atoms with Gasteiger partial charge in [-0.15, -0.1) is 0 Å². The SMILES string of the molecule is CCCN(Cc1c(CNC)oc2ccccc12)C1CC1. The molecule has 0 bridgehead atoms. The minimum atomic E-state index is 0.797. The van der Waals surface area contributed by atoms with Crippen molar-refractivity contribution in [2.75, 3.05) is 13.6 Å². The van der Waals surface area contributed by atoms with Crippen LogP contribution in [0, 0.1) is 0 Å². The van der Waals surface area contributed by atoms with Gasteiger partial charge in [-0.1, -0.05) is 25.1 Å². The van der Waals surface area contributed by atoms with Crippen molar-refractivity contribution in [1.29, 1.82) is 0 Å². The van der Waals surface area contributed by atoms with Gasteiger partial charge in [0, 0.05) is 23.5 Å². The minimum Gasteiger partial charge on any atom is -0.459 e. The quantitative estimate of drug-likeness (QED) is 0.836. The van der Waals surface area contributed by atoms with Gasteiger partial charge in [-0.25, -0.2) is 0 Å². The largest absolute Gasteiger partial charge is 0.459 e. The fourth-order valence-corrected chi connectivity index (χ4v) is 2.95. The molecule has 0 spiro atoms. The number of para-hydroxylation sites is 1. The summed E-state index contributed by atoms with van der Waals surface area (Å²) in [4.78, 5) is 2.62. The number of nitrogens with zero attached hydrogens (tertiary/aromatic N) is 1. The molecular formula is C17H24N2O. The van der Waals surface area contributed by atoms with E-state index in [-0.39, 0.29) is 0 Å². The van der Waals surface area contributed by atoms with E-state index in [1.54, 1.807) is 0 Å². The van der Waals surface area contributed by atoms with Crippen LogP contribution in [-0.4, -0.2) is 24.5 Å². The number of benzene rings is 1. The average molecular weight is 272 g/mol. The van der Waals surface area contributed by atoms with E-state index in [0.29, 0.717) is 0 Å². The summed E-state index contributed by atoms with van der Waals surface area (Å²) in [5.74, 6) is 1.09. The summed E-state index contributed by atoms with van der Waals surface area (Å²) in [6.45, 7) is 5.27.